The van der Waals surface area contributed by atoms with E-state index in [2.05, 4.69) is 20.3 Å². The molecule has 0 unspecified atom stereocenters. The van der Waals surface area contributed by atoms with E-state index in [0.717, 1.165) is 43.8 Å². The number of ether oxygens (including phenoxy) is 2. The molecule has 11 heteroatoms. The number of aromatic amines is 1. The Balaban J connectivity index is 1.57. The van der Waals surface area contributed by atoms with Gasteiger partial charge in [-0.3, -0.25) is 4.90 Å². The largest absolute Gasteiger partial charge is 0.416 e. The molecule has 2 aliphatic rings. The second-order valence-electron chi connectivity index (χ2n) is 8.49. The van der Waals surface area contributed by atoms with Crippen molar-refractivity contribution in [3.8, 4) is 0 Å². The molecule has 0 radical (unpaired) electrons. The number of anilines is 1. The zero-order valence-corrected chi connectivity index (χ0v) is 18.1. The summed E-state index contributed by atoms with van der Waals surface area (Å²) in [5, 5.41) is 11.3. The standard InChI is InChI=1S/C21H27F4N5O2/c1-14(15-9-16(21(23,24)25)11-17(22)10-15)32-20(2)13-31-8-7-30(20)19-18(26-28-27-19)12-29-5-3-4-6-29/h9-11,14H,3-8,12-13H2,1-2H3,(H,26,27,28)/t14-,20-/m1/s1. The second-order valence-corrected chi connectivity index (χ2v) is 8.49. The third-order valence-electron chi connectivity index (χ3n) is 5.97. The van der Waals surface area contributed by atoms with E-state index < -0.39 is 29.4 Å². The third-order valence-corrected chi connectivity index (χ3v) is 5.97. The van der Waals surface area contributed by atoms with Gasteiger partial charge in [-0.2, -0.15) is 23.5 Å². The normalized spacial score (nSPS) is 23.6. The summed E-state index contributed by atoms with van der Waals surface area (Å²) in [5.41, 5.74) is -1.20. The Kier molecular flexibility index (Phi) is 6.42. The van der Waals surface area contributed by atoms with Crippen molar-refractivity contribution >= 4 is 5.82 Å². The quantitative estimate of drug-likeness (QED) is 0.664. The summed E-state index contributed by atoms with van der Waals surface area (Å²) in [6.45, 7) is 7.13. The molecular weight excluding hydrogens is 430 g/mol. The van der Waals surface area contributed by atoms with Crippen molar-refractivity contribution in [3.63, 3.8) is 0 Å². The van der Waals surface area contributed by atoms with E-state index >= 15 is 0 Å². The fourth-order valence-corrected chi connectivity index (χ4v) is 4.34. The van der Waals surface area contributed by atoms with Crippen LogP contribution in [0.15, 0.2) is 18.2 Å². The van der Waals surface area contributed by atoms with Crippen molar-refractivity contribution in [3.05, 3.63) is 40.8 Å². The number of rotatable bonds is 6. The molecule has 0 bridgehead atoms. The summed E-state index contributed by atoms with van der Waals surface area (Å²) >= 11 is 0. The lowest BCUT2D eigenvalue weighted by Crippen LogP contribution is -2.57. The van der Waals surface area contributed by atoms with Crippen molar-refractivity contribution in [2.24, 2.45) is 0 Å². The maximum Gasteiger partial charge on any atom is 0.416 e. The zero-order chi connectivity index (χ0) is 22.9. The fourth-order valence-electron chi connectivity index (χ4n) is 4.34. The monoisotopic (exact) mass is 457 g/mol. The van der Waals surface area contributed by atoms with Crippen LogP contribution in [0.3, 0.4) is 0 Å². The fraction of sp³-hybridized carbons (Fsp3) is 0.619. The van der Waals surface area contributed by atoms with Gasteiger partial charge in [0.1, 0.15) is 11.5 Å². The van der Waals surface area contributed by atoms with Crippen molar-refractivity contribution in [2.45, 2.75) is 51.2 Å². The Morgan fingerprint density at radius 2 is 1.94 bits per heavy atom. The van der Waals surface area contributed by atoms with Gasteiger partial charge >= 0.3 is 6.18 Å². The summed E-state index contributed by atoms with van der Waals surface area (Å²) < 4.78 is 65.2. The summed E-state index contributed by atoms with van der Waals surface area (Å²) in [6, 6.07) is 2.46. The molecule has 176 valence electrons. The minimum atomic E-state index is -4.65. The van der Waals surface area contributed by atoms with E-state index in [1.165, 1.54) is 0 Å². The van der Waals surface area contributed by atoms with E-state index in [4.69, 9.17) is 9.47 Å². The van der Waals surface area contributed by atoms with E-state index in [-0.39, 0.29) is 12.2 Å². The molecule has 2 fully saturated rings. The number of nitrogens with zero attached hydrogens (tertiary/aromatic N) is 4. The van der Waals surface area contributed by atoms with E-state index in [9.17, 15) is 17.6 Å². The third kappa shape index (κ3) is 4.89. The SMILES string of the molecule is C[C@@H](O[C@]1(C)COCCN1c1n[nH]nc1CN1CCCC1)c1cc(F)cc(C(F)(F)F)c1. The Morgan fingerprint density at radius 1 is 1.19 bits per heavy atom. The maximum absolute atomic E-state index is 13.9. The highest BCUT2D eigenvalue weighted by molar-refractivity contribution is 5.45. The Labute approximate surface area is 183 Å². The minimum Gasteiger partial charge on any atom is -0.375 e. The number of nitrogens with one attached hydrogen (secondary N) is 1. The van der Waals surface area contributed by atoms with Gasteiger partial charge in [0.05, 0.1) is 24.9 Å². The number of H-pyrrole nitrogens is 1. The van der Waals surface area contributed by atoms with Crippen LogP contribution in [0.1, 0.15) is 49.6 Å². The van der Waals surface area contributed by atoms with Gasteiger partial charge in [-0.1, -0.05) is 0 Å². The predicted octanol–water partition coefficient (Wildman–Crippen LogP) is 3.89. The van der Waals surface area contributed by atoms with Crippen molar-refractivity contribution < 1.29 is 27.0 Å². The van der Waals surface area contributed by atoms with Gasteiger partial charge in [0.15, 0.2) is 11.5 Å². The number of aromatic nitrogens is 3. The molecule has 32 heavy (non-hydrogen) atoms. The molecule has 4 rings (SSSR count). The second kappa shape index (κ2) is 8.95. The Morgan fingerprint density at radius 3 is 2.66 bits per heavy atom. The lowest BCUT2D eigenvalue weighted by Gasteiger charge is -2.45. The molecule has 0 saturated carbocycles. The van der Waals surface area contributed by atoms with Crippen LogP contribution in [0.25, 0.3) is 0 Å². The number of halogens is 4. The van der Waals surface area contributed by atoms with Gasteiger partial charge in [-0.05, 0) is 63.5 Å². The van der Waals surface area contributed by atoms with Gasteiger partial charge < -0.3 is 14.4 Å². The molecule has 1 aromatic heterocycles. The number of hydrogen-bond donors (Lipinski definition) is 1. The summed E-state index contributed by atoms with van der Waals surface area (Å²) in [5.74, 6) is -0.332. The van der Waals surface area contributed by atoms with E-state index in [0.29, 0.717) is 31.6 Å². The van der Waals surface area contributed by atoms with Crippen molar-refractivity contribution in [1.82, 2.24) is 20.3 Å². The lowest BCUT2D eigenvalue weighted by atomic mass is 10.1. The van der Waals surface area contributed by atoms with Crippen LogP contribution in [0.4, 0.5) is 23.4 Å². The van der Waals surface area contributed by atoms with Crippen molar-refractivity contribution in [2.75, 3.05) is 37.7 Å². The molecule has 2 atom stereocenters. The number of morpholine rings is 1. The topological polar surface area (TPSA) is 66.5 Å². The molecule has 2 saturated heterocycles. The number of hydrogen-bond acceptors (Lipinski definition) is 6. The minimum absolute atomic E-state index is 0.0986. The highest BCUT2D eigenvalue weighted by Gasteiger charge is 2.41. The summed E-state index contributed by atoms with van der Waals surface area (Å²) in [7, 11) is 0. The number of alkyl halides is 3. The highest BCUT2D eigenvalue weighted by atomic mass is 19.4. The van der Waals surface area contributed by atoms with Gasteiger partial charge in [0.2, 0.25) is 0 Å². The number of benzene rings is 1. The first-order chi connectivity index (χ1) is 15.2. The first kappa shape index (κ1) is 22.9. The summed E-state index contributed by atoms with van der Waals surface area (Å²) in [4.78, 5) is 4.22. The molecule has 1 N–H and O–H groups in total. The van der Waals surface area contributed by atoms with Gasteiger partial charge in [-0.15, -0.1) is 5.10 Å². The Hall–Kier alpha value is -2.24. The van der Waals surface area contributed by atoms with Crippen LogP contribution >= 0.6 is 0 Å². The van der Waals surface area contributed by atoms with E-state index in [1.807, 2.05) is 4.90 Å². The lowest BCUT2D eigenvalue weighted by molar-refractivity contribution is -0.141. The highest BCUT2D eigenvalue weighted by Crippen LogP contribution is 2.36. The molecular formula is C21H27F4N5O2. The average molecular weight is 457 g/mol. The first-order valence-corrected chi connectivity index (χ1v) is 10.7. The van der Waals surface area contributed by atoms with Gasteiger partial charge in [-0.25, -0.2) is 4.39 Å². The van der Waals surface area contributed by atoms with E-state index in [1.54, 1.807) is 13.8 Å². The van der Waals surface area contributed by atoms with Crippen LogP contribution in [0.5, 0.6) is 0 Å². The molecule has 0 amide bonds. The molecule has 2 aromatic rings. The van der Waals surface area contributed by atoms with Crippen molar-refractivity contribution in [1.29, 1.82) is 0 Å². The smallest absolute Gasteiger partial charge is 0.375 e. The molecule has 1 aromatic carbocycles. The van der Waals surface area contributed by atoms with Crippen LogP contribution < -0.4 is 4.90 Å². The maximum atomic E-state index is 13.9. The number of likely N-dealkylation sites (tertiary alicyclic amines) is 1. The summed E-state index contributed by atoms with van der Waals surface area (Å²) in [6.07, 6.45) is -3.17. The first-order valence-electron chi connectivity index (χ1n) is 10.7. The van der Waals surface area contributed by atoms with Gasteiger partial charge in [0.25, 0.3) is 0 Å². The Bertz CT molecular complexity index is 931. The molecule has 2 aliphatic heterocycles. The molecule has 0 aliphatic carbocycles. The zero-order valence-electron chi connectivity index (χ0n) is 18.1. The van der Waals surface area contributed by atoms with Gasteiger partial charge in [0, 0.05) is 13.1 Å². The van der Waals surface area contributed by atoms with Crippen LogP contribution in [-0.4, -0.2) is 58.9 Å². The molecule has 0 spiro atoms. The van der Waals surface area contributed by atoms with Crippen LogP contribution in [0, 0.1) is 5.82 Å². The van der Waals surface area contributed by atoms with Crippen LogP contribution in [-0.2, 0) is 22.2 Å². The average Bonchev–Trinajstić information content (AvgIpc) is 3.39. The predicted molar refractivity (Wildman–Crippen MR) is 108 cm³/mol. The molecule has 3 heterocycles. The molecule has 7 nitrogen and oxygen atoms in total. The van der Waals surface area contributed by atoms with Crippen LogP contribution in [0.2, 0.25) is 0 Å².